The van der Waals surface area contributed by atoms with E-state index in [1.165, 1.54) is 6.42 Å². The molecule has 0 radical (unpaired) electrons. The highest BCUT2D eigenvalue weighted by Crippen LogP contribution is 2.40. The Morgan fingerprint density at radius 1 is 1.40 bits per heavy atom. The Labute approximate surface area is 128 Å². The summed E-state index contributed by atoms with van der Waals surface area (Å²) in [7, 11) is 0. The fourth-order valence-electron chi connectivity index (χ4n) is 3.45. The largest absolute Gasteiger partial charge is 0.377 e. The first-order valence-corrected chi connectivity index (χ1v) is 7.76. The predicted octanol–water partition coefficient (Wildman–Crippen LogP) is 4.98. The van der Waals surface area contributed by atoms with Gasteiger partial charge in [-0.25, -0.2) is 0 Å². The van der Waals surface area contributed by atoms with Gasteiger partial charge in [0.15, 0.2) is 0 Å². The van der Waals surface area contributed by atoms with E-state index in [9.17, 15) is 10.1 Å². The maximum Gasteiger partial charge on any atom is 0.293 e. The number of halogens is 1. The Balaban J connectivity index is 2.19. The molecule has 1 fully saturated rings. The van der Waals surface area contributed by atoms with Crippen molar-refractivity contribution in [1.82, 2.24) is 0 Å². The summed E-state index contributed by atoms with van der Waals surface area (Å²) in [4.78, 5) is 10.8. The van der Waals surface area contributed by atoms with E-state index >= 15 is 0 Å². The Morgan fingerprint density at radius 3 is 2.70 bits per heavy atom. The van der Waals surface area contributed by atoms with Crippen LogP contribution in [0.2, 0.25) is 0 Å². The molecule has 0 unspecified atom stereocenters. The van der Waals surface area contributed by atoms with Crippen LogP contribution in [0.25, 0.3) is 0 Å². The Kier molecular flexibility index (Phi) is 4.37. The zero-order valence-electron chi connectivity index (χ0n) is 12.1. The van der Waals surface area contributed by atoms with Gasteiger partial charge in [-0.05, 0) is 42.7 Å². The summed E-state index contributed by atoms with van der Waals surface area (Å²) in [6, 6.07) is 5.48. The van der Waals surface area contributed by atoms with Crippen LogP contribution in [0.1, 0.15) is 40.0 Å². The van der Waals surface area contributed by atoms with Gasteiger partial charge in [0.25, 0.3) is 5.69 Å². The van der Waals surface area contributed by atoms with Crippen molar-refractivity contribution in [2.45, 2.75) is 46.1 Å². The molecular formula is C15H21BrN2O2. The van der Waals surface area contributed by atoms with Crippen molar-refractivity contribution in [1.29, 1.82) is 0 Å². The van der Waals surface area contributed by atoms with Gasteiger partial charge in [0.2, 0.25) is 0 Å². The first-order chi connectivity index (χ1) is 9.27. The summed E-state index contributed by atoms with van der Waals surface area (Å²) in [6.07, 6.45) is 3.33. The minimum absolute atomic E-state index is 0.135. The van der Waals surface area contributed by atoms with Crippen LogP contribution in [0.5, 0.6) is 0 Å². The van der Waals surface area contributed by atoms with E-state index < -0.39 is 0 Å². The molecule has 0 heterocycles. The van der Waals surface area contributed by atoms with Gasteiger partial charge >= 0.3 is 0 Å². The van der Waals surface area contributed by atoms with Gasteiger partial charge in [-0.3, -0.25) is 10.1 Å². The number of nitro groups is 1. The molecule has 2 atom stereocenters. The summed E-state index contributed by atoms with van der Waals surface area (Å²) in [6.45, 7) is 6.80. The molecule has 1 N–H and O–H groups in total. The first kappa shape index (κ1) is 15.3. The zero-order chi connectivity index (χ0) is 14.9. The maximum absolute atomic E-state index is 11.2. The van der Waals surface area contributed by atoms with Crippen molar-refractivity contribution in [3.05, 3.63) is 32.8 Å². The Morgan fingerprint density at radius 2 is 2.10 bits per heavy atom. The van der Waals surface area contributed by atoms with Crippen LogP contribution in [0.15, 0.2) is 22.7 Å². The monoisotopic (exact) mass is 340 g/mol. The topological polar surface area (TPSA) is 55.2 Å². The van der Waals surface area contributed by atoms with E-state index in [1.54, 1.807) is 12.1 Å². The molecule has 1 aromatic rings. The van der Waals surface area contributed by atoms with E-state index in [2.05, 4.69) is 42.0 Å². The van der Waals surface area contributed by atoms with Crippen LogP contribution < -0.4 is 5.32 Å². The number of nitrogens with one attached hydrogen (secondary N) is 1. The number of hydrogen-bond donors (Lipinski definition) is 1. The van der Waals surface area contributed by atoms with Crippen LogP contribution in [-0.2, 0) is 0 Å². The normalized spacial score (nSPS) is 25.2. The van der Waals surface area contributed by atoms with Crippen LogP contribution in [-0.4, -0.2) is 11.0 Å². The molecule has 0 saturated heterocycles. The molecule has 5 heteroatoms. The highest BCUT2D eigenvalue weighted by atomic mass is 79.9. The van der Waals surface area contributed by atoms with E-state index in [-0.39, 0.29) is 10.6 Å². The lowest BCUT2D eigenvalue weighted by Gasteiger charge is -2.39. The fraction of sp³-hybridized carbons (Fsp3) is 0.600. The molecule has 20 heavy (non-hydrogen) atoms. The molecule has 1 aliphatic rings. The molecule has 0 aromatic heterocycles. The van der Waals surface area contributed by atoms with E-state index in [0.29, 0.717) is 23.1 Å². The van der Waals surface area contributed by atoms with Gasteiger partial charge < -0.3 is 5.32 Å². The second-order valence-corrected chi connectivity index (χ2v) is 7.59. The molecule has 1 aromatic carbocycles. The average Bonchev–Trinajstić information content (AvgIpc) is 2.28. The molecule has 1 saturated carbocycles. The Hall–Kier alpha value is -1.10. The van der Waals surface area contributed by atoms with Gasteiger partial charge in [-0.1, -0.05) is 36.7 Å². The first-order valence-electron chi connectivity index (χ1n) is 6.97. The molecule has 110 valence electrons. The smallest absolute Gasteiger partial charge is 0.293 e. The zero-order valence-corrected chi connectivity index (χ0v) is 13.7. The van der Waals surface area contributed by atoms with Crippen molar-refractivity contribution in [3.8, 4) is 0 Å². The molecule has 0 aliphatic heterocycles. The predicted molar refractivity (Wildman–Crippen MR) is 85.0 cm³/mol. The third kappa shape index (κ3) is 3.72. The quantitative estimate of drug-likeness (QED) is 0.623. The van der Waals surface area contributed by atoms with Crippen LogP contribution >= 0.6 is 15.9 Å². The standard InChI is InChI=1S/C15H21BrN2O2/c1-10-6-12(9-15(2,3)8-10)17-13-5-4-11(16)7-14(13)18(19)20/h4-5,7,10,12,17H,6,8-9H2,1-3H3/t10-,12+/m0/s1. The Bertz CT molecular complexity index is 517. The third-order valence-corrected chi connectivity index (χ3v) is 4.40. The lowest BCUT2D eigenvalue weighted by atomic mass is 9.70. The number of rotatable bonds is 3. The summed E-state index contributed by atoms with van der Waals surface area (Å²) in [5.41, 5.74) is 1.04. The summed E-state index contributed by atoms with van der Waals surface area (Å²) >= 11 is 3.29. The minimum atomic E-state index is -0.329. The average molecular weight is 341 g/mol. The van der Waals surface area contributed by atoms with Crippen LogP contribution in [0.4, 0.5) is 11.4 Å². The van der Waals surface area contributed by atoms with Gasteiger partial charge in [0, 0.05) is 16.6 Å². The maximum atomic E-state index is 11.2. The molecule has 4 nitrogen and oxygen atoms in total. The minimum Gasteiger partial charge on any atom is -0.377 e. The molecule has 0 bridgehead atoms. The lowest BCUT2D eigenvalue weighted by molar-refractivity contribution is -0.384. The van der Waals surface area contributed by atoms with Gasteiger partial charge in [0.1, 0.15) is 5.69 Å². The summed E-state index contributed by atoms with van der Waals surface area (Å²) in [5, 5.41) is 14.5. The number of hydrogen-bond acceptors (Lipinski definition) is 3. The third-order valence-electron chi connectivity index (χ3n) is 3.90. The molecule has 1 aliphatic carbocycles. The SMILES string of the molecule is C[C@H]1C[C@@H](Nc2ccc(Br)cc2[N+](=O)[O-])CC(C)(C)C1. The van der Waals surface area contributed by atoms with Crippen molar-refractivity contribution in [2.24, 2.45) is 11.3 Å². The van der Waals surface area contributed by atoms with Crippen molar-refractivity contribution in [2.75, 3.05) is 5.32 Å². The summed E-state index contributed by atoms with van der Waals surface area (Å²) in [5.74, 6) is 0.644. The van der Waals surface area contributed by atoms with E-state index in [1.807, 2.05) is 6.07 Å². The van der Waals surface area contributed by atoms with Gasteiger partial charge in [0.05, 0.1) is 4.92 Å². The lowest BCUT2D eigenvalue weighted by Crippen LogP contribution is -2.35. The number of anilines is 1. The molecule has 2 rings (SSSR count). The second-order valence-electron chi connectivity index (χ2n) is 6.67. The summed E-state index contributed by atoms with van der Waals surface area (Å²) < 4.78 is 0.729. The molecular weight excluding hydrogens is 320 g/mol. The highest BCUT2D eigenvalue weighted by molar-refractivity contribution is 9.10. The molecule has 0 amide bonds. The molecule has 0 spiro atoms. The van der Waals surface area contributed by atoms with Crippen LogP contribution in [0, 0.1) is 21.4 Å². The number of nitrogens with zero attached hydrogens (tertiary/aromatic N) is 1. The van der Waals surface area contributed by atoms with Crippen molar-refractivity contribution < 1.29 is 4.92 Å². The van der Waals surface area contributed by atoms with E-state index in [4.69, 9.17) is 0 Å². The van der Waals surface area contributed by atoms with Crippen molar-refractivity contribution >= 4 is 27.3 Å². The second kappa shape index (κ2) is 5.72. The van der Waals surface area contributed by atoms with Crippen LogP contribution in [0.3, 0.4) is 0 Å². The highest BCUT2D eigenvalue weighted by Gasteiger charge is 2.32. The van der Waals surface area contributed by atoms with Gasteiger partial charge in [-0.15, -0.1) is 0 Å². The number of nitro benzene ring substituents is 1. The van der Waals surface area contributed by atoms with Crippen molar-refractivity contribution in [3.63, 3.8) is 0 Å². The van der Waals surface area contributed by atoms with Gasteiger partial charge in [-0.2, -0.15) is 0 Å². The fourth-order valence-corrected chi connectivity index (χ4v) is 3.80. The van der Waals surface area contributed by atoms with E-state index in [0.717, 1.165) is 17.3 Å². The number of benzene rings is 1.